The summed E-state index contributed by atoms with van der Waals surface area (Å²) < 4.78 is 0. The van der Waals surface area contributed by atoms with E-state index in [-0.39, 0.29) is 5.38 Å². The standard InChI is InChI=1S/C13H22ClNO/c14-12-7-9-15(10-8-12)13(16)11-5-3-1-2-4-6-11/h11-12H,1-10H2. The summed E-state index contributed by atoms with van der Waals surface area (Å²) in [6.45, 7) is 1.76. The number of amides is 1. The molecule has 0 N–H and O–H groups in total. The average molecular weight is 244 g/mol. The van der Waals surface area contributed by atoms with Crippen molar-refractivity contribution >= 4 is 17.5 Å². The Balaban J connectivity index is 1.85. The molecule has 1 saturated carbocycles. The van der Waals surface area contributed by atoms with Crippen molar-refractivity contribution in [1.29, 1.82) is 0 Å². The molecule has 1 amide bonds. The maximum absolute atomic E-state index is 12.3. The molecule has 0 aromatic carbocycles. The molecule has 0 radical (unpaired) electrons. The number of piperidine rings is 1. The molecule has 92 valence electrons. The minimum atomic E-state index is 0.290. The van der Waals surface area contributed by atoms with Crippen LogP contribution in [0.15, 0.2) is 0 Å². The summed E-state index contributed by atoms with van der Waals surface area (Å²) in [6.07, 6.45) is 9.27. The lowest BCUT2D eigenvalue weighted by Gasteiger charge is -2.32. The third kappa shape index (κ3) is 3.13. The molecule has 0 bridgehead atoms. The van der Waals surface area contributed by atoms with Crippen LogP contribution in [0.1, 0.15) is 51.4 Å². The van der Waals surface area contributed by atoms with E-state index in [1.807, 2.05) is 0 Å². The highest BCUT2D eigenvalue weighted by Gasteiger charge is 2.27. The predicted octanol–water partition coefficient (Wildman–Crippen LogP) is 3.19. The van der Waals surface area contributed by atoms with E-state index in [9.17, 15) is 4.79 Å². The van der Waals surface area contributed by atoms with Crippen LogP contribution in [0, 0.1) is 5.92 Å². The van der Waals surface area contributed by atoms with Crippen LogP contribution in [-0.2, 0) is 4.79 Å². The number of hydrogen-bond acceptors (Lipinski definition) is 1. The number of carbonyl (C=O) groups excluding carboxylic acids is 1. The van der Waals surface area contributed by atoms with Gasteiger partial charge in [-0.1, -0.05) is 25.7 Å². The third-order valence-electron chi connectivity index (χ3n) is 3.94. The Bertz CT molecular complexity index is 228. The third-order valence-corrected chi connectivity index (χ3v) is 4.38. The molecule has 0 unspecified atom stereocenters. The van der Waals surface area contributed by atoms with E-state index in [1.165, 1.54) is 25.7 Å². The van der Waals surface area contributed by atoms with Crippen LogP contribution in [0.5, 0.6) is 0 Å². The van der Waals surface area contributed by atoms with Crippen molar-refractivity contribution < 1.29 is 4.79 Å². The van der Waals surface area contributed by atoms with Crippen molar-refractivity contribution in [3.8, 4) is 0 Å². The molecule has 0 spiro atoms. The van der Waals surface area contributed by atoms with Gasteiger partial charge in [-0.25, -0.2) is 0 Å². The molecule has 1 aliphatic carbocycles. The van der Waals surface area contributed by atoms with Crippen LogP contribution in [-0.4, -0.2) is 29.3 Å². The Morgan fingerprint density at radius 1 is 0.938 bits per heavy atom. The van der Waals surface area contributed by atoms with Gasteiger partial charge in [0.2, 0.25) is 5.91 Å². The molecule has 0 aromatic rings. The summed E-state index contributed by atoms with van der Waals surface area (Å²) in [4.78, 5) is 14.3. The summed E-state index contributed by atoms with van der Waals surface area (Å²) in [7, 11) is 0. The van der Waals surface area contributed by atoms with E-state index in [4.69, 9.17) is 11.6 Å². The maximum atomic E-state index is 12.3. The molecule has 1 aliphatic heterocycles. The lowest BCUT2D eigenvalue weighted by atomic mass is 9.97. The van der Waals surface area contributed by atoms with Crippen molar-refractivity contribution in [1.82, 2.24) is 4.90 Å². The molecule has 1 saturated heterocycles. The lowest BCUT2D eigenvalue weighted by Crippen LogP contribution is -2.42. The lowest BCUT2D eigenvalue weighted by molar-refractivity contribution is -0.136. The van der Waals surface area contributed by atoms with Gasteiger partial charge < -0.3 is 4.90 Å². The van der Waals surface area contributed by atoms with Gasteiger partial charge >= 0.3 is 0 Å². The number of nitrogens with zero attached hydrogens (tertiary/aromatic N) is 1. The molecular formula is C13H22ClNO. The first-order chi connectivity index (χ1) is 7.77. The number of hydrogen-bond donors (Lipinski definition) is 0. The van der Waals surface area contributed by atoms with Gasteiger partial charge in [-0.2, -0.15) is 0 Å². The summed E-state index contributed by atoms with van der Waals surface area (Å²) in [5.41, 5.74) is 0. The van der Waals surface area contributed by atoms with E-state index in [1.54, 1.807) is 0 Å². The fourth-order valence-corrected chi connectivity index (χ4v) is 3.05. The topological polar surface area (TPSA) is 20.3 Å². The van der Waals surface area contributed by atoms with Crippen LogP contribution < -0.4 is 0 Å². The SMILES string of the molecule is O=C(C1CCCCCC1)N1CCC(Cl)CC1. The molecule has 16 heavy (non-hydrogen) atoms. The molecule has 0 atom stereocenters. The van der Waals surface area contributed by atoms with Crippen LogP contribution in [0.2, 0.25) is 0 Å². The number of alkyl halides is 1. The summed E-state index contributed by atoms with van der Waals surface area (Å²) >= 11 is 6.06. The van der Waals surface area contributed by atoms with Gasteiger partial charge in [0.25, 0.3) is 0 Å². The minimum Gasteiger partial charge on any atom is -0.342 e. The number of carbonyl (C=O) groups is 1. The minimum absolute atomic E-state index is 0.290. The van der Waals surface area contributed by atoms with Gasteiger partial charge in [0.15, 0.2) is 0 Å². The van der Waals surface area contributed by atoms with Gasteiger partial charge in [0, 0.05) is 24.4 Å². The zero-order chi connectivity index (χ0) is 11.4. The van der Waals surface area contributed by atoms with Gasteiger partial charge in [0.1, 0.15) is 0 Å². The van der Waals surface area contributed by atoms with Gasteiger partial charge in [-0.3, -0.25) is 4.79 Å². The van der Waals surface area contributed by atoms with Gasteiger partial charge in [-0.05, 0) is 25.7 Å². The zero-order valence-electron chi connectivity index (χ0n) is 9.96. The van der Waals surface area contributed by atoms with Crippen molar-refractivity contribution in [3.63, 3.8) is 0 Å². The molecule has 2 rings (SSSR count). The second kappa shape index (κ2) is 5.90. The summed E-state index contributed by atoms with van der Waals surface area (Å²) in [5.74, 6) is 0.722. The van der Waals surface area contributed by atoms with Gasteiger partial charge in [-0.15, -0.1) is 11.6 Å². The fraction of sp³-hybridized carbons (Fsp3) is 0.923. The van der Waals surface area contributed by atoms with Crippen LogP contribution in [0.4, 0.5) is 0 Å². The second-order valence-electron chi connectivity index (χ2n) is 5.19. The quantitative estimate of drug-likeness (QED) is 0.512. The first-order valence-corrected chi connectivity index (χ1v) is 7.14. The first-order valence-electron chi connectivity index (χ1n) is 6.70. The Hall–Kier alpha value is -0.240. The number of halogens is 1. The Labute approximate surface area is 103 Å². The largest absolute Gasteiger partial charge is 0.342 e. The second-order valence-corrected chi connectivity index (χ2v) is 5.81. The van der Waals surface area contributed by atoms with Crippen molar-refractivity contribution in [2.45, 2.75) is 56.7 Å². The highest BCUT2D eigenvalue weighted by molar-refractivity contribution is 6.20. The maximum Gasteiger partial charge on any atom is 0.225 e. The highest BCUT2D eigenvalue weighted by atomic mass is 35.5. The molecule has 2 nitrogen and oxygen atoms in total. The van der Waals surface area contributed by atoms with Crippen LogP contribution >= 0.6 is 11.6 Å². The van der Waals surface area contributed by atoms with Crippen molar-refractivity contribution in [2.75, 3.05) is 13.1 Å². The molecule has 3 heteroatoms. The first kappa shape index (κ1) is 12.2. The fourth-order valence-electron chi connectivity index (χ4n) is 2.85. The Morgan fingerprint density at radius 3 is 2.06 bits per heavy atom. The van der Waals surface area contributed by atoms with Gasteiger partial charge in [0.05, 0.1) is 0 Å². The molecule has 2 aliphatic rings. The zero-order valence-corrected chi connectivity index (χ0v) is 10.7. The van der Waals surface area contributed by atoms with Crippen molar-refractivity contribution in [3.05, 3.63) is 0 Å². The van der Waals surface area contributed by atoms with E-state index >= 15 is 0 Å². The summed E-state index contributed by atoms with van der Waals surface area (Å²) in [5, 5.41) is 0.290. The number of likely N-dealkylation sites (tertiary alicyclic amines) is 1. The Morgan fingerprint density at radius 2 is 1.50 bits per heavy atom. The average Bonchev–Trinajstić information content (AvgIpc) is 2.57. The predicted molar refractivity (Wildman–Crippen MR) is 66.6 cm³/mol. The number of rotatable bonds is 1. The molecule has 0 aromatic heterocycles. The van der Waals surface area contributed by atoms with E-state index < -0.39 is 0 Å². The summed E-state index contributed by atoms with van der Waals surface area (Å²) in [6, 6.07) is 0. The smallest absolute Gasteiger partial charge is 0.225 e. The van der Waals surface area contributed by atoms with E-state index in [2.05, 4.69) is 4.90 Å². The monoisotopic (exact) mass is 243 g/mol. The Kier molecular flexibility index (Phi) is 4.51. The van der Waals surface area contributed by atoms with Crippen molar-refractivity contribution in [2.24, 2.45) is 5.92 Å². The van der Waals surface area contributed by atoms with Crippen LogP contribution in [0.25, 0.3) is 0 Å². The molecule has 1 heterocycles. The van der Waals surface area contributed by atoms with Crippen LogP contribution in [0.3, 0.4) is 0 Å². The molecular weight excluding hydrogens is 222 g/mol. The van der Waals surface area contributed by atoms with E-state index in [0.717, 1.165) is 38.8 Å². The molecule has 2 fully saturated rings. The highest BCUT2D eigenvalue weighted by Crippen LogP contribution is 2.26. The van der Waals surface area contributed by atoms with E-state index in [0.29, 0.717) is 11.8 Å². The normalized spacial score (nSPS) is 25.4.